The van der Waals surface area contributed by atoms with Crippen LogP contribution in [0.3, 0.4) is 0 Å². The van der Waals surface area contributed by atoms with E-state index in [4.69, 9.17) is 15.2 Å². The monoisotopic (exact) mass is 448 g/mol. The Morgan fingerprint density at radius 3 is 2.50 bits per heavy atom. The first kappa shape index (κ1) is 23.2. The van der Waals surface area contributed by atoms with Gasteiger partial charge >= 0.3 is 6.09 Å². The highest BCUT2D eigenvalue weighted by atomic mass is 16.6. The quantitative estimate of drug-likeness (QED) is 0.302. The maximum atomic E-state index is 13.0. The highest BCUT2D eigenvalue weighted by molar-refractivity contribution is 6.25. The highest BCUT2D eigenvalue weighted by Gasteiger charge is 2.45. The lowest BCUT2D eigenvalue weighted by Crippen LogP contribution is -2.54. The second kappa shape index (κ2) is 10.7. The van der Waals surface area contributed by atoms with Gasteiger partial charge in [-0.05, 0) is 18.6 Å². The SMILES string of the molecule is NC(=O)OCCOCCOCCNc1cccc2c1C(=O)N(C1CCC(=O)NC1=O)C2=O. The van der Waals surface area contributed by atoms with Gasteiger partial charge in [-0.25, -0.2) is 4.79 Å². The summed E-state index contributed by atoms with van der Waals surface area (Å²) in [5.74, 6) is -2.20. The van der Waals surface area contributed by atoms with Crippen LogP contribution < -0.4 is 16.4 Å². The fourth-order valence-corrected chi connectivity index (χ4v) is 3.44. The van der Waals surface area contributed by atoms with Gasteiger partial charge in [-0.1, -0.05) is 6.07 Å². The molecule has 1 unspecified atom stereocenters. The molecule has 0 aliphatic carbocycles. The number of amides is 5. The fourth-order valence-electron chi connectivity index (χ4n) is 3.44. The van der Waals surface area contributed by atoms with Gasteiger partial charge in [0.25, 0.3) is 11.8 Å². The number of benzene rings is 1. The minimum Gasteiger partial charge on any atom is -0.447 e. The lowest BCUT2D eigenvalue weighted by atomic mass is 10.0. The number of carbonyl (C=O) groups excluding carboxylic acids is 5. The van der Waals surface area contributed by atoms with Crippen LogP contribution in [0.2, 0.25) is 0 Å². The number of nitrogens with two attached hydrogens (primary N) is 1. The van der Waals surface area contributed by atoms with Crippen molar-refractivity contribution in [3.63, 3.8) is 0 Å². The minimum atomic E-state index is -1.01. The molecule has 0 bridgehead atoms. The molecule has 0 saturated carbocycles. The maximum Gasteiger partial charge on any atom is 0.404 e. The summed E-state index contributed by atoms with van der Waals surface area (Å²) in [5.41, 5.74) is 5.68. The van der Waals surface area contributed by atoms with Gasteiger partial charge in [-0.3, -0.25) is 29.4 Å². The van der Waals surface area contributed by atoms with Gasteiger partial charge in [0.05, 0.1) is 37.6 Å². The second-order valence-electron chi connectivity index (χ2n) is 6.99. The molecule has 0 aromatic heterocycles. The average molecular weight is 448 g/mol. The van der Waals surface area contributed by atoms with Crippen molar-refractivity contribution in [3.05, 3.63) is 29.3 Å². The van der Waals surface area contributed by atoms with Gasteiger partial charge in [0, 0.05) is 18.7 Å². The number of fused-ring (bicyclic) bond motifs is 1. The smallest absolute Gasteiger partial charge is 0.404 e. The number of anilines is 1. The minimum absolute atomic E-state index is 0.0636. The Hall–Kier alpha value is -3.51. The predicted octanol–water partition coefficient (Wildman–Crippen LogP) is -0.372. The fraction of sp³-hybridized carbons (Fsp3) is 0.450. The third kappa shape index (κ3) is 5.39. The molecule has 2 heterocycles. The maximum absolute atomic E-state index is 13.0. The summed E-state index contributed by atoms with van der Waals surface area (Å²) in [5, 5.41) is 5.24. The second-order valence-corrected chi connectivity index (χ2v) is 6.99. The van der Waals surface area contributed by atoms with Gasteiger partial charge in [0.15, 0.2) is 0 Å². The molecule has 1 atom stereocenters. The Morgan fingerprint density at radius 1 is 1.06 bits per heavy atom. The zero-order chi connectivity index (χ0) is 23.1. The molecular formula is C20H24N4O8. The third-order valence-corrected chi connectivity index (χ3v) is 4.87. The Morgan fingerprint density at radius 2 is 1.78 bits per heavy atom. The number of rotatable bonds is 11. The molecule has 172 valence electrons. The van der Waals surface area contributed by atoms with Gasteiger partial charge < -0.3 is 25.3 Å². The summed E-state index contributed by atoms with van der Waals surface area (Å²) in [6.07, 6.45) is -0.693. The van der Waals surface area contributed by atoms with E-state index in [1.165, 1.54) is 6.07 Å². The number of hydrogen-bond donors (Lipinski definition) is 3. The van der Waals surface area contributed by atoms with Crippen LogP contribution in [-0.4, -0.2) is 80.2 Å². The van der Waals surface area contributed by atoms with Crippen LogP contribution in [-0.2, 0) is 23.8 Å². The number of primary amides is 1. The van der Waals surface area contributed by atoms with Crippen molar-refractivity contribution in [1.82, 2.24) is 10.2 Å². The molecule has 0 spiro atoms. The molecule has 1 saturated heterocycles. The standard InChI is InChI=1S/C20H24N4O8/c21-20(29)32-11-10-31-9-8-30-7-6-22-13-3-1-2-12-16(13)19(28)24(18(12)27)14-4-5-15(25)23-17(14)26/h1-3,14,22H,4-11H2,(H2,21,29)(H,23,25,26). The molecule has 1 aromatic carbocycles. The first-order valence-corrected chi connectivity index (χ1v) is 10.1. The van der Waals surface area contributed by atoms with Crippen LogP contribution in [0.5, 0.6) is 0 Å². The normalized spacial score (nSPS) is 17.9. The van der Waals surface area contributed by atoms with E-state index in [2.05, 4.69) is 15.4 Å². The number of piperidine rings is 1. The largest absolute Gasteiger partial charge is 0.447 e. The van der Waals surface area contributed by atoms with Gasteiger partial charge in [0.2, 0.25) is 11.8 Å². The van der Waals surface area contributed by atoms with Gasteiger partial charge in [0.1, 0.15) is 12.6 Å². The molecule has 0 radical (unpaired) electrons. The van der Waals surface area contributed by atoms with Crippen molar-refractivity contribution >= 4 is 35.4 Å². The number of ether oxygens (including phenoxy) is 3. The van der Waals surface area contributed by atoms with E-state index in [-0.39, 0.29) is 37.2 Å². The van der Waals surface area contributed by atoms with Crippen molar-refractivity contribution in [3.8, 4) is 0 Å². The summed E-state index contributed by atoms with van der Waals surface area (Å²) in [4.78, 5) is 60.6. The molecule has 2 aliphatic heterocycles. The Labute approximate surface area is 183 Å². The van der Waals surface area contributed by atoms with Crippen LogP contribution in [0.25, 0.3) is 0 Å². The molecule has 3 rings (SSSR count). The van der Waals surface area contributed by atoms with Crippen molar-refractivity contribution in [2.45, 2.75) is 18.9 Å². The Bertz CT molecular complexity index is 919. The van der Waals surface area contributed by atoms with Crippen LogP contribution in [0.15, 0.2) is 18.2 Å². The van der Waals surface area contributed by atoms with E-state index in [1.54, 1.807) is 12.1 Å². The first-order chi connectivity index (χ1) is 15.4. The van der Waals surface area contributed by atoms with Crippen molar-refractivity contribution in [2.75, 3.05) is 44.9 Å². The summed E-state index contributed by atoms with van der Waals surface area (Å²) in [6, 6.07) is 3.83. The Balaban J connectivity index is 1.48. The summed E-state index contributed by atoms with van der Waals surface area (Å²) < 4.78 is 15.1. The lowest BCUT2D eigenvalue weighted by molar-refractivity contribution is -0.136. The summed E-state index contributed by atoms with van der Waals surface area (Å²) in [6.45, 7) is 1.56. The van der Waals surface area contributed by atoms with E-state index in [0.29, 0.717) is 32.1 Å². The molecule has 32 heavy (non-hydrogen) atoms. The number of imide groups is 2. The van der Waals surface area contributed by atoms with Crippen LogP contribution >= 0.6 is 0 Å². The summed E-state index contributed by atoms with van der Waals surface area (Å²) >= 11 is 0. The molecule has 12 nitrogen and oxygen atoms in total. The zero-order valence-corrected chi connectivity index (χ0v) is 17.3. The average Bonchev–Trinajstić information content (AvgIpc) is 3.00. The summed E-state index contributed by atoms with van der Waals surface area (Å²) in [7, 11) is 0. The number of carbonyl (C=O) groups is 5. The van der Waals surface area contributed by atoms with E-state index in [1.807, 2.05) is 0 Å². The molecule has 12 heteroatoms. The van der Waals surface area contributed by atoms with Crippen LogP contribution in [0, 0.1) is 0 Å². The van der Waals surface area contributed by atoms with Crippen molar-refractivity contribution < 1.29 is 38.2 Å². The van der Waals surface area contributed by atoms with E-state index >= 15 is 0 Å². The molecule has 1 aromatic rings. The Kier molecular flexibility index (Phi) is 7.73. The lowest BCUT2D eigenvalue weighted by Gasteiger charge is -2.27. The van der Waals surface area contributed by atoms with Crippen LogP contribution in [0.1, 0.15) is 33.6 Å². The van der Waals surface area contributed by atoms with Crippen LogP contribution in [0.4, 0.5) is 10.5 Å². The molecule has 2 aliphatic rings. The zero-order valence-electron chi connectivity index (χ0n) is 17.3. The molecule has 1 fully saturated rings. The number of nitrogens with one attached hydrogen (secondary N) is 2. The number of nitrogens with zero attached hydrogens (tertiary/aromatic N) is 1. The van der Waals surface area contributed by atoms with E-state index in [9.17, 15) is 24.0 Å². The topological polar surface area (TPSA) is 166 Å². The van der Waals surface area contributed by atoms with Crippen molar-refractivity contribution in [1.29, 1.82) is 0 Å². The molecule has 5 amide bonds. The van der Waals surface area contributed by atoms with Crippen molar-refractivity contribution in [2.24, 2.45) is 5.73 Å². The highest BCUT2D eigenvalue weighted by Crippen LogP contribution is 2.32. The van der Waals surface area contributed by atoms with E-state index < -0.39 is 35.8 Å². The number of hydrogen-bond acceptors (Lipinski definition) is 9. The molecule has 4 N–H and O–H groups in total. The first-order valence-electron chi connectivity index (χ1n) is 10.1. The van der Waals surface area contributed by atoms with Gasteiger partial charge in [-0.15, -0.1) is 0 Å². The van der Waals surface area contributed by atoms with Gasteiger partial charge in [-0.2, -0.15) is 0 Å². The predicted molar refractivity (Wildman–Crippen MR) is 109 cm³/mol. The third-order valence-electron chi connectivity index (χ3n) is 4.87. The molecular weight excluding hydrogens is 424 g/mol. The van der Waals surface area contributed by atoms with E-state index in [0.717, 1.165) is 4.90 Å².